The van der Waals surface area contributed by atoms with Gasteiger partial charge < -0.3 is 15.8 Å². The minimum Gasteiger partial charge on any atom is -0.492 e. The summed E-state index contributed by atoms with van der Waals surface area (Å²) in [6.07, 6.45) is 0.654. The molecule has 2 amide bonds. The summed E-state index contributed by atoms with van der Waals surface area (Å²) < 4.78 is 5.62. The molecule has 0 saturated carbocycles. The maximum Gasteiger partial charge on any atom is 0.248 e. The first-order valence-electron chi connectivity index (χ1n) is 7.05. The van der Waals surface area contributed by atoms with Crippen molar-refractivity contribution < 1.29 is 14.3 Å². The molecule has 22 heavy (non-hydrogen) atoms. The van der Waals surface area contributed by atoms with Crippen molar-refractivity contribution >= 4 is 17.5 Å². The van der Waals surface area contributed by atoms with Gasteiger partial charge in [-0.3, -0.25) is 9.59 Å². The number of ether oxygens (including phenoxy) is 1. The van der Waals surface area contributed by atoms with Gasteiger partial charge in [0.15, 0.2) is 0 Å². The Morgan fingerprint density at radius 1 is 1.09 bits per heavy atom. The molecule has 0 aliphatic carbocycles. The minimum atomic E-state index is -0.491. The Morgan fingerprint density at radius 3 is 2.55 bits per heavy atom. The van der Waals surface area contributed by atoms with Crippen LogP contribution in [0.5, 0.6) is 5.75 Å². The molecule has 1 aliphatic rings. The maximum absolute atomic E-state index is 12.3. The van der Waals surface area contributed by atoms with E-state index in [1.807, 2.05) is 24.3 Å². The van der Waals surface area contributed by atoms with Crippen molar-refractivity contribution in [1.82, 2.24) is 0 Å². The molecule has 2 aromatic carbocycles. The highest BCUT2D eigenvalue weighted by Gasteiger charge is 2.25. The Kier molecular flexibility index (Phi) is 3.78. The largest absolute Gasteiger partial charge is 0.492 e. The lowest BCUT2D eigenvalue weighted by atomic mass is 9.96. The lowest BCUT2D eigenvalue weighted by Gasteiger charge is -2.24. The predicted molar refractivity (Wildman–Crippen MR) is 82.7 cm³/mol. The fourth-order valence-electron chi connectivity index (χ4n) is 2.46. The SMILES string of the molecule is NC(=O)c1ccc(NC(=O)[C@H]2COc3ccccc3C2)cc1. The standard InChI is InChI=1S/C17H16N2O3/c18-16(20)11-5-7-14(8-6-11)19-17(21)13-9-12-3-1-2-4-15(12)22-10-13/h1-8,13H,9-10H2,(H2,18,20)(H,19,21)/t13-/m1/s1. The van der Waals surface area contributed by atoms with Crippen LogP contribution in [-0.2, 0) is 11.2 Å². The van der Waals surface area contributed by atoms with Gasteiger partial charge in [-0.2, -0.15) is 0 Å². The number of benzene rings is 2. The summed E-state index contributed by atoms with van der Waals surface area (Å²) in [6, 6.07) is 14.2. The molecule has 1 heterocycles. The predicted octanol–water partition coefficient (Wildman–Crippen LogP) is 1.98. The summed E-state index contributed by atoms with van der Waals surface area (Å²) >= 11 is 0. The van der Waals surface area contributed by atoms with Gasteiger partial charge in [0.25, 0.3) is 0 Å². The van der Waals surface area contributed by atoms with E-state index in [2.05, 4.69) is 5.32 Å². The zero-order valence-electron chi connectivity index (χ0n) is 11.9. The summed E-state index contributed by atoms with van der Waals surface area (Å²) in [6.45, 7) is 0.363. The summed E-state index contributed by atoms with van der Waals surface area (Å²) in [4.78, 5) is 23.3. The van der Waals surface area contributed by atoms with E-state index in [0.29, 0.717) is 24.3 Å². The van der Waals surface area contributed by atoms with Crippen LogP contribution in [0, 0.1) is 5.92 Å². The second kappa shape index (κ2) is 5.89. The molecule has 2 aromatic rings. The van der Waals surface area contributed by atoms with Crippen LogP contribution in [0.3, 0.4) is 0 Å². The van der Waals surface area contributed by atoms with Crippen molar-refractivity contribution in [2.24, 2.45) is 11.7 Å². The molecule has 3 N–H and O–H groups in total. The smallest absolute Gasteiger partial charge is 0.248 e. The monoisotopic (exact) mass is 296 g/mol. The first-order valence-corrected chi connectivity index (χ1v) is 7.05. The Hall–Kier alpha value is -2.82. The quantitative estimate of drug-likeness (QED) is 0.908. The van der Waals surface area contributed by atoms with Crippen LogP contribution in [0.15, 0.2) is 48.5 Å². The second-order valence-electron chi connectivity index (χ2n) is 5.25. The van der Waals surface area contributed by atoms with Crippen LogP contribution < -0.4 is 15.8 Å². The van der Waals surface area contributed by atoms with Gasteiger partial charge in [-0.25, -0.2) is 0 Å². The van der Waals surface area contributed by atoms with E-state index in [1.165, 1.54) is 0 Å². The Balaban J connectivity index is 1.66. The lowest BCUT2D eigenvalue weighted by Crippen LogP contribution is -2.32. The van der Waals surface area contributed by atoms with Gasteiger partial charge >= 0.3 is 0 Å². The maximum atomic E-state index is 12.3. The molecule has 3 rings (SSSR count). The highest BCUT2D eigenvalue weighted by molar-refractivity contribution is 5.95. The molecule has 0 aromatic heterocycles. The summed E-state index contributed by atoms with van der Waals surface area (Å²) in [5.74, 6) is 0.0274. The van der Waals surface area contributed by atoms with E-state index in [-0.39, 0.29) is 11.8 Å². The molecule has 5 nitrogen and oxygen atoms in total. The van der Waals surface area contributed by atoms with Crippen LogP contribution in [-0.4, -0.2) is 18.4 Å². The van der Waals surface area contributed by atoms with E-state index in [0.717, 1.165) is 11.3 Å². The Bertz CT molecular complexity index is 710. The number of hydrogen-bond acceptors (Lipinski definition) is 3. The first-order chi connectivity index (χ1) is 10.6. The summed E-state index contributed by atoms with van der Waals surface area (Å²) in [5.41, 5.74) is 7.27. The molecule has 0 saturated heterocycles. The van der Waals surface area contributed by atoms with Crippen LogP contribution in [0.25, 0.3) is 0 Å². The zero-order chi connectivity index (χ0) is 15.5. The molecule has 5 heteroatoms. The highest BCUT2D eigenvalue weighted by Crippen LogP contribution is 2.27. The molecule has 0 bridgehead atoms. The van der Waals surface area contributed by atoms with E-state index < -0.39 is 5.91 Å². The molecule has 0 radical (unpaired) electrons. The summed E-state index contributed by atoms with van der Waals surface area (Å²) in [5, 5.41) is 2.84. The third-order valence-electron chi connectivity index (χ3n) is 3.69. The topological polar surface area (TPSA) is 81.4 Å². The van der Waals surface area contributed by atoms with Crippen molar-refractivity contribution in [2.75, 3.05) is 11.9 Å². The number of rotatable bonds is 3. The number of amides is 2. The molecule has 0 unspecified atom stereocenters. The number of primary amides is 1. The minimum absolute atomic E-state index is 0.0960. The third kappa shape index (κ3) is 2.93. The Morgan fingerprint density at radius 2 is 1.82 bits per heavy atom. The van der Waals surface area contributed by atoms with Gasteiger partial charge in [-0.05, 0) is 42.3 Å². The molecular formula is C17H16N2O3. The van der Waals surface area contributed by atoms with Crippen molar-refractivity contribution in [1.29, 1.82) is 0 Å². The van der Waals surface area contributed by atoms with Gasteiger partial charge in [0.05, 0.1) is 5.92 Å². The van der Waals surface area contributed by atoms with Crippen LogP contribution >= 0.6 is 0 Å². The van der Waals surface area contributed by atoms with E-state index in [9.17, 15) is 9.59 Å². The van der Waals surface area contributed by atoms with Gasteiger partial charge in [0.2, 0.25) is 11.8 Å². The average molecular weight is 296 g/mol. The van der Waals surface area contributed by atoms with Gasteiger partial charge in [-0.15, -0.1) is 0 Å². The molecule has 0 fully saturated rings. The second-order valence-corrected chi connectivity index (χ2v) is 5.25. The fourth-order valence-corrected chi connectivity index (χ4v) is 2.46. The van der Waals surface area contributed by atoms with Crippen LogP contribution in [0.1, 0.15) is 15.9 Å². The number of nitrogens with one attached hydrogen (secondary N) is 1. The van der Waals surface area contributed by atoms with Crippen molar-refractivity contribution in [3.63, 3.8) is 0 Å². The van der Waals surface area contributed by atoms with E-state index in [1.54, 1.807) is 24.3 Å². The van der Waals surface area contributed by atoms with Crippen LogP contribution in [0.2, 0.25) is 0 Å². The number of fused-ring (bicyclic) bond motifs is 1. The van der Waals surface area contributed by atoms with Gasteiger partial charge in [-0.1, -0.05) is 18.2 Å². The van der Waals surface area contributed by atoms with Crippen LogP contribution in [0.4, 0.5) is 5.69 Å². The highest BCUT2D eigenvalue weighted by atomic mass is 16.5. The molecule has 1 atom stereocenters. The van der Waals surface area contributed by atoms with E-state index >= 15 is 0 Å². The van der Waals surface area contributed by atoms with Crippen molar-refractivity contribution in [2.45, 2.75) is 6.42 Å². The number of para-hydroxylation sites is 1. The normalized spacial score (nSPS) is 16.3. The number of hydrogen-bond donors (Lipinski definition) is 2. The molecular weight excluding hydrogens is 280 g/mol. The van der Waals surface area contributed by atoms with Crippen molar-refractivity contribution in [3.05, 3.63) is 59.7 Å². The zero-order valence-corrected chi connectivity index (χ0v) is 11.9. The number of carbonyl (C=O) groups excluding carboxylic acids is 2. The fraction of sp³-hybridized carbons (Fsp3) is 0.176. The molecule has 112 valence electrons. The van der Waals surface area contributed by atoms with E-state index in [4.69, 9.17) is 10.5 Å². The number of carbonyl (C=O) groups is 2. The van der Waals surface area contributed by atoms with Gasteiger partial charge in [0, 0.05) is 11.3 Å². The first kappa shape index (κ1) is 14.1. The average Bonchev–Trinajstić information content (AvgIpc) is 2.55. The number of anilines is 1. The lowest BCUT2D eigenvalue weighted by molar-refractivity contribution is -0.121. The van der Waals surface area contributed by atoms with Gasteiger partial charge in [0.1, 0.15) is 12.4 Å². The molecule has 0 spiro atoms. The number of nitrogens with two attached hydrogens (primary N) is 1. The van der Waals surface area contributed by atoms with Crippen molar-refractivity contribution in [3.8, 4) is 5.75 Å². The molecule has 1 aliphatic heterocycles. The Labute approximate surface area is 128 Å². The third-order valence-corrected chi connectivity index (χ3v) is 3.69. The summed E-state index contributed by atoms with van der Waals surface area (Å²) in [7, 11) is 0.